The second-order valence-electron chi connectivity index (χ2n) is 5.96. The molecule has 1 aromatic rings. The van der Waals surface area contributed by atoms with Crippen molar-refractivity contribution in [3.8, 4) is 0 Å². The van der Waals surface area contributed by atoms with Gasteiger partial charge in [0.2, 0.25) is 10.0 Å². The molecule has 1 aliphatic rings. The van der Waals surface area contributed by atoms with Gasteiger partial charge in [-0.3, -0.25) is 0 Å². The minimum atomic E-state index is -3.40. The van der Waals surface area contributed by atoms with E-state index in [0.717, 1.165) is 24.9 Å². The highest BCUT2D eigenvalue weighted by Gasteiger charge is 2.25. The maximum Gasteiger partial charge on any atom is 0.243 e. The molecule has 1 unspecified atom stereocenters. The number of hydrogen-bond acceptors (Lipinski definition) is 3. The highest BCUT2D eigenvalue weighted by Crippen LogP contribution is 2.22. The third-order valence-electron chi connectivity index (χ3n) is 4.07. The summed E-state index contributed by atoms with van der Waals surface area (Å²) in [4.78, 5) is 0.392. The first-order valence-electron chi connectivity index (χ1n) is 7.75. The summed E-state index contributed by atoms with van der Waals surface area (Å²) >= 11 is 0. The molecule has 21 heavy (non-hydrogen) atoms. The van der Waals surface area contributed by atoms with E-state index in [9.17, 15) is 8.42 Å². The van der Waals surface area contributed by atoms with Crippen LogP contribution in [0.15, 0.2) is 29.2 Å². The first kappa shape index (κ1) is 16.5. The molecule has 1 saturated carbocycles. The number of hydrogen-bond donors (Lipinski definition) is 1. The maximum absolute atomic E-state index is 12.7. The van der Waals surface area contributed by atoms with Crippen LogP contribution in [0, 0.1) is 0 Å². The van der Waals surface area contributed by atoms with E-state index >= 15 is 0 Å². The van der Waals surface area contributed by atoms with Gasteiger partial charge in [0.25, 0.3) is 0 Å². The molecule has 0 spiro atoms. The second kappa shape index (κ2) is 6.90. The standard InChI is InChI=1S/C16H26N2O2S/c1-4-6-13(2)18(3)21(19,20)16-8-5-7-14(11-16)12-17-15-9-10-15/h5,7-8,11,13,15,17H,4,6,9-10,12H2,1-3H3. The second-order valence-corrected chi connectivity index (χ2v) is 7.96. The van der Waals surface area contributed by atoms with E-state index in [1.54, 1.807) is 19.2 Å². The summed E-state index contributed by atoms with van der Waals surface area (Å²) in [5, 5.41) is 3.42. The number of nitrogens with one attached hydrogen (secondary N) is 1. The molecule has 118 valence electrons. The molecule has 0 radical (unpaired) electrons. The molecule has 0 aliphatic heterocycles. The Labute approximate surface area is 128 Å². The summed E-state index contributed by atoms with van der Waals surface area (Å²) in [5.74, 6) is 0. The van der Waals surface area contributed by atoms with Crippen LogP contribution in [0.25, 0.3) is 0 Å². The van der Waals surface area contributed by atoms with Gasteiger partial charge in [0.15, 0.2) is 0 Å². The van der Waals surface area contributed by atoms with Crippen molar-refractivity contribution in [3.63, 3.8) is 0 Å². The third kappa shape index (κ3) is 4.28. The molecule has 0 bridgehead atoms. The van der Waals surface area contributed by atoms with Crippen molar-refractivity contribution in [2.75, 3.05) is 7.05 Å². The first-order valence-corrected chi connectivity index (χ1v) is 9.19. The minimum Gasteiger partial charge on any atom is -0.310 e. The molecule has 0 heterocycles. The lowest BCUT2D eigenvalue weighted by molar-refractivity contribution is 0.368. The van der Waals surface area contributed by atoms with Crippen LogP contribution in [0.2, 0.25) is 0 Å². The van der Waals surface area contributed by atoms with E-state index in [4.69, 9.17) is 0 Å². The molecular weight excluding hydrogens is 284 g/mol. The highest BCUT2D eigenvalue weighted by atomic mass is 32.2. The lowest BCUT2D eigenvalue weighted by Crippen LogP contribution is -2.35. The van der Waals surface area contributed by atoms with Crippen LogP contribution in [-0.4, -0.2) is 31.9 Å². The van der Waals surface area contributed by atoms with Crippen LogP contribution in [0.1, 0.15) is 45.1 Å². The summed E-state index contributed by atoms with van der Waals surface area (Å²) in [6.45, 7) is 4.77. The van der Waals surface area contributed by atoms with Crippen LogP contribution in [0.3, 0.4) is 0 Å². The van der Waals surface area contributed by atoms with E-state index in [1.807, 2.05) is 19.1 Å². The normalized spacial score (nSPS) is 17.1. The zero-order valence-corrected chi connectivity index (χ0v) is 14.0. The van der Waals surface area contributed by atoms with Crippen molar-refractivity contribution in [2.24, 2.45) is 0 Å². The third-order valence-corrected chi connectivity index (χ3v) is 6.04. The fraction of sp³-hybridized carbons (Fsp3) is 0.625. The number of rotatable bonds is 8. The largest absolute Gasteiger partial charge is 0.310 e. The van der Waals surface area contributed by atoms with Crippen LogP contribution in [0.4, 0.5) is 0 Å². The van der Waals surface area contributed by atoms with Gasteiger partial charge in [0, 0.05) is 25.7 Å². The van der Waals surface area contributed by atoms with Gasteiger partial charge in [-0.1, -0.05) is 25.5 Å². The lowest BCUT2D eigenvalue weighted by Gasteiger charge is -2.24. The monoisotopic (exact) mass is 310 g/mol. The van der Waals surface area contributed by atoms with Gasteiger partial charge in [-0.05, 0) is 43.9 Å². The Balaban J connectivity index is 2.12. The van der Waals surface area contributed by atoms with E-state index in [1.165, 1.54) is 17.1 Å². The quantitative estimate of drug-likeness (QED) is 0.803. The Bertz CT molecular complexity index is 567. The first-order chi connectivity index (χ1) is 9.95. The molecule has 1 atom stereocenters. The molecule has 1 fully saturated rings. The van der Waals surface area contributed by atoms with Crippen molar-refractivity contribution in [3.05, 3.63) is 29.8 Å². The molecule has 1 aliphatic carbocycles. The molecular formula is C16H26N2O2S. The van der Waals surface area contributed by atoms with Crippen LogP contribution in [-0.2, 0) is 16.6 Å². The average molecular weight is 310 g/mol. The summed E-state index contributed by atoms with van der Waals surface area (Å²) in [6, 6.07) is 7.93. The zero-order chi connectivity index (χ0) is 15.5. The van der Waals surface area contributed by atoms with Gasteiger partial charge in [0.05, 0.1) is 4.90 Å². The Hall–Kier alpha value is -0.910. The summed E-state index contributed by atoms with van der Waals surface area (Å²) in [6.07, 6.45) is 4.32. The Morgan fingerprint density at radius 1 is 1.38 bits per heavy atom. The Kier molecular flexibility index (Phi) is 5.41. The molecule has 0 saturated heterocycles. The summed E-state index contributed by atoms with van der Waals surface area (Å²) in [7, 11) is -1.73. The Morgan fingerprint density at radius 3 is 2.71 bits per heavy atom. The molecule has 1 aromatic carbocycles. The molecule has 0 amide bonds. The van der Waals surface area contributed by atoms with Crippen LogP contribution >= 0.6 is 0 Å². The van der Waals surface area contributed by atoms with Crippen LogP contribution in [0.5, 0.6) is 0 Å². The van der Waals surface area contributed by atoms with Crippen molar-refractivity contribution in [2.45, 2.75) is 63.1 Å². The van der Waals surface area contributed by atoms with E-state index < -0.39 is 10.0 Å². The van der Waals surface area contributed by atoms with E-state index in [0.29, 0.717) is 10.9 Å². The average Bonchev–Trinajstić information content (AvgIpc) is 3.29. The van der Waals surface area contributed by atoms with Gasteiger partial charge >= 0.3 is 0 Å². The van der Waals surface area contributed by atoms with Crippen molar-refractivity contribution in [1.82, 2.24) is 9.62 Å². The van der Waals surface area contributed by atoms with E-state index in [2.05, 4.69) is 12.2 Å². The fourth-order valence-electron chi connectivity index (χ4n) is 2.37. The fourth-order valence-corrected chi connectivity index (χ4v) is 3.83. The van der Waals surface area contributed by atoms with Gasteiger partial charge in [-0.2, -0.15) is 4.31 Å². The summed E-state index contributed by atoms with van der Waals surface area (Å²) < 4.78 is 26.8. The van der Waals surface area contributed by atoms with Crippen LogP contribution < -0.4 is 5.32 Å². The van der Waals surface area contributed by atoms with Crippen molar-refractivity contribution >= 4 is 10.0 Å². The number of benzene rings is 1. The number of sulfonamides is 1. The predicted octanol–water partition coefficient (Wildman–Crippen LogP) is 2.75. The molecule has 1 N–H and O–H groups in total. The van der Waals surface area contributed by atoms with E-state index in [-0.39, 0.29) is 6.04 Å². The Morgan fingerprint density at radius 2 is 2.10 bits per heavy atom. The number of nitrogens with zero attached hydrogens (tertiary/aromatic N) is 1. The van der Waals surface area contributed by atoms with Crippen molar-refractivity contribution < 1.29 is 8.42 Å². The zero-order valence-electron chi connectivity index (χ0n) is 13.2. The summed E-state index contributed by atoms with van der Waals surface area (Å²) in [5.41, 5.74) is 1.03. The molecule has 5 heteroatoms. The maximum atomic E-state index is 12.7. The van der Waals surface area contributed by atoms with Gasteiger partial charge < -0.3 is 5.32 Å². The molecule has 2 rings (SSSR count). The topological polar surface area (TPSA) is 49.4 Å². The lowest BCUT2D eigenvalue weighted by atomic mass is 10.2. The van der Waals surface area contributed by atoms with Crippen molar-refractivity contribution in [1.29, 1.82) is 0 Å². The smallest absolute Gasteiger partial charge is 0.243 e. The van der Waals surface area contributed by atoms with Gasteiger partial charge in [0.1, 0.15) is 0 Å². The predicted molar refractivity (Wildman–Crippen MR) is 85.6 cm³/mol. The minimum absolute atomic E-state index is 0.0215. The highest BCUT2D eigenvalue weighted by molar-refractivity contribution is 7.89. The molecule has 4 nitrogen and oxygen atoms in total. The SMILES string of the molecule is CCCC(C)N(C)S(=O)(=O)c1cccc(CNC2CC2)c1. The van der Waals surface area contributed by atoms with Gasteiger partial charge in [-0.25, -0.2) is 8.42 Å². The molecule has 0 aromatic heterocycles. The van der Waals surface area contributed by atoms with Gasteiger partial charge in [-0.15, -0.1) is 0 Å².